The fourth-order valence-corrected chi connectivity index (χ4v) is 1.17. The number of nitrogens with two attached hydrogens (primary N) is 1. The van der Waals surface area contributed by atoms with E-state index in [1.807, 2.05) is 13.8 Å². The van der Waals surface area contributed by atoms with E-state index in [0.717, 1.165) is 0 Å². The molecule has 1 aromatic carbocycles. The van der Waals surface area contributed by atoms with Crippen LogP contribution >= 0.6 is 0 Å². The number of hydrogen-bond donors (Lipinski definition) is 3. The molecule has 13 heavy (non-hydrogen) atoms. The highest BCUT2D eigenvalue weighted by Gasteiger charge is 2.22. The van der Waals surface area contributed by atoms with Crippen molar-refractivity contribution in [2.24, 2.45) is 5.73 Å². The lowest BCUT2D eigenvalue weighted by molar-refractivity contribution is 0.409. The summed E-state index contributed by atoms with van der Waals surface area (Å²) in [6.45, 7) is 3.75. The lowest BCUT2D eigenvalue weighted by Crippen LogP contribution is -2.31. The lowest BCUT2D eigenvalue weighted by Gasteiger charge is -2.24. The van der Waals surface area contributed by atoms with Crippen LogP contribution < -0.4 is 5.73 Å². The van der Waals surface area contributed by atoms with Crippen LogP contribution in [-0.4, -0.2) is 10.2 Å². The predicted molar refractivity (Wildman–Crippen MR) is 51.6 cm³/mol. The minimum absolute atomic E-state index is 0.123. The minimum Gasteiger partial charge on any atom is -0.508 e. The van der Waals surface area contributed by atoms with Gasteiger partial charge in [0.05, 0.1) is 0 Å². The molecule has 0 aliphatic carbocycles. The van der Waals surface area contributed by atoms with Gasteiger partial charge in [-0.1, -0.05) is 6.92 Å². The van der Waals surface area contributed by atoms with Crippen molar-refractivity contribution in [1.29, 1.82) is 0 Å². The first kappa shape index (κ1) is 9.86. The summed E-state index contributed by atoms with van der Waals surface area (Å²) in [7, 11) is 0. The van der Waals surface area contributed by atoms with Gasteiger partial charge in [-0.2, -0.15) is 0 Å². The molecule has 3 heteroatoms. The van der Waals surface area contributed by atoms with Crippen molar-refractivity contribution in [2.75, 3.05) is 0 Å². The van der Waals surface area contributed by atoms with Crippen LogP contribution in [0.25, 0.3) is 0 Å². The summed E-state index contributed by atoms with van der Waals surface area (Å²) in [5.74, 6) is 0.252. The van der Waals surface area contributed by atoms with E-state index in [4.69, 9.17) is 5.73 Å². The summed E-state index contributed by atoms with van der Waals surface area (Å²) in [5, 5.41) is 18.7. The van der Waals surface area contributed by atoms with Crippen LogP contribution in [0.4, 0.5) is 0 Å². The van der Waals surface area contributed by atoms with Gasteiger partial charge in [0.15, 0.2) is 0 Å². The van der Waals surface area contributed by atoms with Gasteiger partial charge in [0.25, 0.3) is 0 Å². The van der Waals surface area contributed by atoms with E-state index in [1.165, 1.54) is 18.2 Å². The first-order valence-corrected chi connectivity index (χ1v) is 4.28. The second-order valence-electron chi connectivity index (χ2n) is 3.47. The zero-order chi connectivity index (χ0) is 10.1. The van der Waals surface area contributed by atoms with Crippen LogP contribution in [0.15, 0.2) is 18.2 Å². The zero-order valence-electron chi connectivity index (χ0n) is 7.91. The molecule has 1 atom stereocenters. The van der Waals surface area contributed by atoms with Crippen molar-refractivity contribution < 1.29 is 10.2 Å². The van der Waals surface area contributed by atoms with Crippen molar-refractivity contribution in [2.45, 2.75) is 25.8 Å². The summed E-state index contributed by atoms with van der Waals surface area (Å²) in [4.78, 5) is 0. The Morgan fingerprint density at radius 3 is 2.54 bits per heavy atom. The molecule has 72 valence electrons. The van der Waals surface area contributed by atoms with Gasteiger partial charge in [0.1, 0.15) is 11.5 Å². The first-order valence-electron chi connectivity index (χ1n) is 4.28. The van der Waals surface area contributed by atoms with Gasteiger partial charge >= 0.3 is 0 Å². The van der Waals surface area contributed by atoms with E-state index in [9.17, 15) is 10.2 Å². The molecular weight excluding hydrogens is 166 g/mol. The Hall–Kier alpha value is -1.22. The maximum Gasteiger partial charge on any atom is 0.120 e. The molecule has 0 fully saturated rings. The Morgan fingerprint density at radius 2 is 2.00 bits per heavy atom. The van der Waals surface area contributed by atoms with Crippen molar-refractivity contribution in [1.82, 2.24) is 0 Å². The van der Waals surface area contributed by atoms with Crippen LogP contribution in [0, 0.1) is 0 Å². The summed E-state index contributed by atoms with van der Waals surface area (Å²) in [6, 6.07) is 4.38. The molecule has 0 spiro atoms. The Balaban J connectivity index is 3.20. The number of phenolic OH excluding ortho intramolecular Hbond substituents is 2. The van der Waals surface area contributed by atoms with Crippen molar-refractivity contribution in [3.8, 4) is 11.5 Å². The van der Waals surface area contributed by atoms with Gasteiger partial charge in [0.2, 0.25) is 0 Å². The third-order valence-corrected chi connectivity index (χ3v) is 2.33. The second kappa shape index (κ2) is 3.26. The van der Waals surface area contributed by atoms with Crippen molar-refractivity contribution in [3.05, 3.63) is 23.8 Å². The quantitative estimate of drug-likeness (QED) is 0.608. The average Bonchev–Trinajstić information content (AvgIpc) is 2.09. The molecule has 0 aliphatic rings. The highest BCUT2D eigenvalue weighted by atomic mass is 16.3. The van der Waals surface area contributed by atoms with E-state index in [-0.39, 0.29) is 11.5 Å². The summed E-state index contributed by atoms with van der Waals surface area (Å²) in [6.07, 6.45) is 0.698. The third kappa shape index (κ3) is 1.92. The summed E-state index contributed by atoms with van der Waals surface area (Å²) in [5.41, 5.74) is 5.92. The van der Waals surface area contributed by atoms with Gasteiger partial charge in [-0.05, 0) is 31.5 Å². The van der Waals surface area contributed by atoms with Crippen LogP contribution in [0.5, 0.6) is 11.5 Å². The van der Waals surface area contributed by atoms with Gasteiger partial charge in [0, 0.05) is 11.1 Å². The second-order valence-corrected chi connectivity index (χ2v) is 3.47. The normalized spacial score (nSPS) is 15.3. The number of hydrogen-bond acceptors (Lipinski definition) is 3. The molecule has 4 N–H and O–H groups in total. The molecule has 1 rings (SSSR count). The highest BCUT2D eigenvalue weighted by molar-refractivity contribution is 5.42. The number of aromatic hydroxyl groups is 2. The monoisotopic (exact) mass is 181 g/mol. The summed E-state index contributed by atoms with van der Waals surface area (Å²) < 4.78 is 0. The van der Waals surface area contributed by atoms with E-state index >= 15 is 0 Å². The van der Waals surface area contributed by atoms with E-state index in [0.29, 0.717) is 12.0 Å². The molecule has 1 aromatic rings. The summed E-state index contributed by atoms with van der Waals surface area (Å²) >= 11 is 0. The van der Waals surface area contributed by atoms with E-state index < -0.39 is 5.54 Å². The van der Waals surface area contributed by atoms with Crippen LogP contribution in [-0.2, 0) is 5.54 Å². The fraction of sp³-hybridized carbons (Fsp3) is 0.400. The largest absolute Gasteiger partial charge is 0.508 e. The van der Waals surface area contributed by atoms with Crippen molar-refractivity contribution in [3.63, 3.8) is 0 Å². The SMILES string of the molecule is CCC(C)(N)c1cc(O)ccc1O. The number of benzene rings is 1. The molecule has 0 radical (unpaired) electrons. The third-order valence-electron chi connectivity index (χ3n) is 2.33. The standard InChI is InChI=1S/C10H15NO2/c1-3-10(2,11)8-6-7(12)4-5-9(8)13/h4-6,12-13H,3,11H2,1-2H3. The van der Waals surface area contributed by atoms with Crippen LogP contribution in [0.2, 0.25) is 0 Å². The van der Waals surface area contributed by atoms with Gasteiger partial charge in [-0.15, -0.1) is 0 Å². The molecule has 1 unspecified atom stereocenters. The molecule has 0 saturated carbocycles. The van der Waals surface area contributed by atoms with E-state index in [1.54, 1.807) is 0 Å². The Bertz CT molecular complexity index is 308. The Labute approximate surface area is 77.8 Å². The first-order chi connectivity index (χ1) is 5.97. The maximum absolute atomic E-state index is 9.51. The minimum atomic E-state index is -0.594. The smallest absolute Gasteiger partial charge is 0.120 e. The predicted octanol–water partition coefficient (Wildman–Crippen LogP) is 1.68. The molecule has 0 amide bonds. The van der Waals surface area contributed by atoms with Crippen molar-refractivity contribution >= 4 is 0 Å². The zero-order valence-corrected chi connectivity index (χ0v) is 7.91. The molecule has 0 bridgehead atoms. The average molecular weight is 181 g/mol. The van der Waals surface area contributed by atoms with E-state index in [2.05, 4.69) is 0 Å². The van der Waals surface area contributed by atoms with Gasteiger partial charge < -0.3 is 15.9 Å². The van der Waals surface area contributed by atoms with Crippen LogP contribution in [0.1, 0.15) is 25.8 Å². The molecule has 0 aliphatic heterocycles. The fourth-order valence-electron chi connectivity index (χ4n) is 1.17. The lowest BCUT2D eigenvalue weighted by atomic mass is 9.90. The molecule has 0 aromatic heterocycles. The Morgan fingerprint density at radius 1 is 1.38 bits per heavy atom. The molecule has 0 saturated heterocycles. The number of rotatable bonds is 2. The van der Waals surface area contributed by atoms with Crippen LogP contribution in [0.3, 0.4) is 0 Å². The topological polar surface area (TPSA) is 66.5 Å². The van der Waals surface area contributed by atoms with Gasteiger partial charge in [-0.3, -0.25) is 0 Å². The molecule has 0 heterocycles. The Kier molecular flexibility index (Phi) is 2.48. The van der Waals surface area contributed by atoms with Gasteiger partial charge in [-0.25, -0.2) is 0 Å². The highest BCUT2D eigenvalue weighted by Crippen LogP contribution is 2.32. The maximum atomic E-state index is 9.51. The number of phenols is 2. The molecular formula is C10H15NO2. The molecule has 3 nitrogen and oxygen atoms in total.